The quantitative estimate of drug-likeness (QED) is 0.305. The van der Waals surface area contributed by atoms with E-state index in [1.54, 1.807) is 18.2 Å². The molecule has 0 bridgehead atoms. The maximum absolute atomic E-state index is 15.0. The smallest absolute Gasteiger partial charge is 0.246 e. The van der Waals surface area contributed by atoms with E-state index in [9.17, 15) is 4.79 Å². The van der Waals surface area contributed by atoms with Gasteiger partial charge in [-0.25, -0.2) is 14.4 Å². The number of carbonyl (C=O) groups excluding carboxylic acids is 1. The molecule has 2 fully saturated rings. The van der Waals surface area contributed by atoms with Gasteiger partial charge in [-0.3, -0.25) is 4.79 Å². The zero-order valence-corrected chi connectivity index (χ0v) is 26.0. The molecule has 2 aromatic carbocycles. The molecule has 1 aromatic heterocycles. The number of aliphatic imine (C=N–C) groups is 1. The van der Waals surface area contributed by atoms with Crippen molar-refractivity contribution in [1.82, 2.24) is 19.7 Å². The highest BCUT2D eigenvalue weighted by molar-refractivity contribution is 6.33. The van der Waals surface area contributed by atoms with E-state index in [1.165, 1.54) is 23.3 Å². The Labute approximate surface area is 258 Å². The van der Waals surface area contributed by atoms with Crippen molar-refractivity contribution in [2.75, 3.05) is 38.8 Å². The monoisotopic (exact) mass is 600 g/mol. The van der Waals surface area contributed by atoms with E-state index < -0.39 is 0 Å². The van der Waals surface area contributed by atoms with Crippen LogP contribution < -0.4 is 4.90 Å². The summed E-state index contributed by atoms with van der Waals surface area (Å²) in [7, 11) is 4.16. The average molecular weight is 601 g/mol. The number of anilines is 2. The van der Waals surface area contributed by atoms with Crippen LogP contribution in [0.1, 0.15) is 49.3 Å². The highest BCUT2D eigenvalue weighted by atomic mass is 35.5. The van der Waals surface area contributed by atoms with E-state index in [0.717, 1.165) is 36.5 Å². The minimum Gasteiger partial charge on any atom is -0.350 e. The molecule has 2 aliphatic heterocycles. The van der Waals surface area contributed by atoms with Crippen LogP contribution in [0, 0.1) is 5.82 Å². The average Bonchev–Trinajstić information content (AvgIpc) is 3.83. The predicted octanol–water partition coefficient (Wildman–Crippen LogP) is 6.44. The fraction of sp³-hybridized carbons (Fsp3) is 0.382. The molecule has 2 atom stereocenters. The molecule has 9 heteroatoms. The van der Waals surface area contributed by atoms with Gasteiger partial charge in [-0.05, 0) is 88.2 Å². The molecule has 7 nitrogen and oxygen atoms in total. The van der Waals surface area contributed by atoms with Crippen molar-refractivity contribution in [2.24, 2.45) is 4.99 Å². The number of carbonyl (C=O) groups is 1. The van der Waals surface area contributed by atoms with Gasteiger partial charge in [-0.2, -0.15) is 0 Å². The standard InChI is InChI=1S/C34H38ClFN6O/c1-6-31(43)40-17-22(3)41(18-21(40)2)33-27-16-28(35)32(25-9-7-8-10-29(25)36)38-34(27)42(20-37-33)30-14-11-23(19-39(4)5)15-26(30)24-12-13-24/h6-11,14-16,21-22,24H,1,12-13,17-20H2,2-5H3/t21-,22+/m1/s1. The van der Waals surface area contributed by atoms with Crippen LogP contribution in [0.2, 0.25) is 5.02 Å². The molecule has 0 radical (unpaired) electrons. The lowest BCUT2D eigenvalue weighted by molar-refractivity contribution is -0.130. The number of amides is 1. The van der Waals surface area contributed by atoms with Crippen LogP contribution in [-0.4, -0.2) is 77.4 Å². The molecule has 0 N–H and O–H groups in total. The fourth-order valence-corrected chi connectivity index (χ4v) is 6.55. The summed E-state index contributed by atoms with van der Waals surface area (Å²) in [6.45, 7) is 10.2. The van der Waals surface area contributed by atoms with E-state index >= 15 is 4.39 Å². The summed E-state index contributed by atoms with van der Waals surface area (Å²) in [5, 5.41) is 0.364. The second kappa shape index (κ2) is 11.7. The zero-order valence-electron chi connectivity index (χ0n) is 25.2. The predicted molar refractivity (Wildman–Crippen MR) is 172 cm³/mol. The van der Waals surface area contributed by atoms with Crippen LogP contribution in [0.15, 0.2) is 66.2 Å². The molecule has 1 amide bonds. The third-order valence-corrected chi connectivity index (χ3v) is 8.85. The van der Waals surface area contributed by atoms with Gasteiger partial charge in [0.15, 0.2) is 0 Å². The van der Waals surface area contributed by atoms with Gasteiger partial charge < -0.3 is 19.6 Å². The van der Waals surface area contributed by atoms with Gasteiger partial charge >= 0.3 is 0 Å². The van der Waals surface area contributed by atoms with Gasteiger partial charge in [0.2, 0.25) is 5.91 Å². The molecule has 3 heterocycles. The molecule has 1 saturated carbocycles. The Morgan fingerprint density at radius 2 is 1.86 bits per heavy atom. The molecular formula is C34H38ClFN6O. The van der Waals surface area contributed by atoms with Crippen molar-refractivity contribution >= 4 is 34.8 Å². The molecule has 224 valence electrons. The highest BCUT2D eigenvalue weighted by Gasteiger charge is 2.38. The van der Waals surface area contributed by atoms with Crippen LogP contribution >= 0.6 is 11.6 Å². The summed E-state index contributed by atoms with van der Waals surface area (Å²) < 4.78 is 15.0. The normalized spacial score (nSPS) is 20.3. The number of piperazine rings is 1. The van der Waals surface area contributed by atoms with Gasteiger partial charge in [0.05, 0.1) is 16.3 Å². The Morgan fingerprint density at radius 1 is 1.09 bits per heavy atom. The highest BCUT2D eigenvalue weighted by Crippen LogP contribution is 2.47. The van der Waals surface area contributed by atoms with Crippen molar-refractivity contribution < 1.29 is 9.18 Å². The summed E-state index contributed by atoms with van der Waals surface area (Å²) in [6.07, 6.45) is 3.69. The Morgan fingerprint density at radius 3 is 2.56 bits per heavy atom. The third-order valence-electron chi connectivity index (χ3n) is 8.56. The first-order valence-corrected chi connectivity index (χ1v) is 15.3. The van der Waals surface area contributed by atoms with Crippen molar-refractivity contribution in [3.05, 3.63) is 88.7 Å². The summed E-state index contributed by atoms with van der Waals surface area (Å²) in [4.78, 5) is 31.2. The second-order valence-corrected chi connectivity index (χ2v) is 12.6. The van der Waals surface area contributed by atoms with Crippen molar-refractivity contribution in [2.45, 2.75) is 51.2 Å². The van der Waals surface area contributed by atoms with Crippen molar-refractivity contribution in [3.8, 4) is 11.3 Å². The van der Waals surface area contributed by atoms with E-state index in [-0.39, 0.29) is 23.8 Å². The molecule has 3 aliphatic rings. The van der Waals surface area contributed by atoms with E-state index in [4.69, 9.17) is 21.6 Å². The first-order chi connectivity index (χ1) is 20.7. The molecule has 1 saturated heterocycles. The minimum atomic E-state index is -0.370. The molecule has 3 aromatic rings. The number of hydrogen-bond donors (Lipinski definition) is 0. The number of benzene rings is 2. The van der Waals surface area contributed by atoms with Gasteiger partial charge in [0.1, 0.15) is 24.1 Å². The number of hydrogen-bond acceptors (Lipinski definition) is 6. The van der Waals surface area contributed by atoms with Gasteiger partial charge in [0, 0.05) is 43.0 Å². The number of pyridine rings is 1. The van der Waals surface area contributed by atoms with Crippen LogP contribution in [0.5, 0.6) is 0 Å². The largest absolute Gasteiger partial charge is 0.350 e. The van der Waals surface area contributed by atoms with Crippen LogP contribution in [0.4, 0.5) is 15.9 Å². The lowest BCUT2D eigenvalue weighted by Crippen LogP contribution is -2.59. The minimum absolute atomic E-state index is 0.00983. The number of nitrogens with zero attached hydrogens (tertiary/aromatic N) is 6. The fourth-order valence-electron chi connectivity index (χ4n) is 6.30. The van der Waals surface area contributed by atoms with E-state index in [0.29, 0.717) is 47.8 Å². The summed E-state index contributed by atoms with van der Waals surface area (Å²) in [6, 6.07) is 15.1. The SMILES string of the molecule is C=CC(=O)N1C[C@H](C)N(C2=NCN(c3ccc(CN(C)C)cc3C3CC3)c3nc(-c4ccccc4F)c(Cl)cc32)C[C@H]1C. The van der Waals surface area contributed by atoms with Crippen molar-refractivity contribution in [3.63, 3.8) is 0 Å². The van der Waals surface area contributed by atoms with Gasteiger partial charge in [-0.15, -0.1) is 0 Å². The van der Waals surface area contributed by atoms with E-state index in [2.05, 4.69) is 60.5 Å². The van der Waals surface area contributed by atoms with Gasteiger partial charge in [0.25, 0.3) is 0 Å². The number of fused-ring (bicyclic) bond motifs is 1. The Kier molecular flexibility index (Phi) is 8.00. The Balaban J connectivity index is 1.47. The van der Waals surface area contributed by atoms with Crippen LogP contribution in [0.3, 0.4) is 0 Å². The topological polar surface area (TPSA) is 55.3 Å². The Bertz CT molecular complexity index is 1600. The summed E-state index contributed by atoms with van der Waals surface area (Å²) >= 11 is 6.89. The maximum Gasteiger partial charge on any atom is 0.246 e. The van der Waals surface area contributed by atoms with Crippen LogP contribution in [-0.2, 0) is 11.3 Å². The molecule has 0 spiro atoms. The third kappa shape index (κ3) is 5.66. The van der Waals surface area contributed by atoms with Crippen molar-refractivity contribution in [1.29, 1.82) is 0 Å². The molecule has 6 rings (SSSR count). The van der Waals surface area contributed by atoms with Gasteiger partial charge in [-0.1, -0.05) is 42.4 Å². The number of aromatic nitrogens is 1. The summed E-state index contributed by atoms with van der Waals surface area (Å²) in [5.41, 5.74) is 5.21. The number of amidine groups is 1. The molecular weight excluding hydrogens is 563 g/mol. The summed E-state index contributed by atoms with van der Waals surface area (Å²) in [5.74, 6) is 1.56. The first kappa shape index (κ1) is 29.3. The lowest BCUT2D eigenvalue weighted by Gasteiger charge is -2.46. The molecule has 0 unspecified atom stereocenters. The second-order valence-electron chi connectivity index (χ2n) is 12.2. The maximum atomic E-state index is 15.0. The zero-order chi connectivity index (χ0) is 30.4. The Hall–Kier alpha value is -3.75. The van der Waals surface area contributed by atoms with Crippen LogP contribution in [0.25, 0.3) is 11.3 Å². The number of rotatable bonds is 6. The first-order valence-electron chi connectivity index (χ1n) is 14.9. The van der Waals surface area contributed by atoms with E-state index in [1.807, 2.05) is 17.9 Å². The molecule has 43 heavy (non-hydrogen) atoms. The molecule has 1 aliphatic carbocycles. The number of halogens is 2. The lowest BCUT2D eigenvalue weighted by atomic mass is 10.0.